The Morgan fingerprint density at radius 3 is 2.90 bits per heavy atom. The second kappa shape index (κ2) is 7.22. The minimum Gasteiger partial charge on any atom is -0.352 e. The number of aromatic nitrogens is 3. The van der Waals surface area contributed by atoms with Crippen molar-refractivity contribution in [3.8, 4) is 0 Å². The molecule has 0 radical (unpaired) electrons. The molecule has 0 spiro atoms. The summed E-state index contributed by atoms with van der Waals surface area (Å²) in [5.41, 5.74) is 1.37. The topological polar surface area (TPSA) is 70.7 Å². The highest BCUT2D eigenvalue weighted by molar-refractivity contribution is 6.29. The lowest BCUT2D eigenvalue weighted by Gasteiger charge is -2.09. The van der Waals surface area contributed by atoms with Crippen LogP contribution in [0.2, 0.25) is 5.15 Å². The standard InChI is InChI=1S/C15H19ClN4O/c1-10(2)12-8-11(9-13(16)20-12)15(21)19-5-3-4-14-17-6-7-18-14/h6-10H,3-5H2,1-2H3,(H,17,18)(H,19,21). The van der Waals surface area contributed by atoms with Crippen LogP contribution in [0.1, 0.15) is 48.1 Å². The SMILES string of the molecule is CC(C)c1cc(C(=O)NCCCc2ncc[nH]2)cc(Cl)n1. The number of aryl methyl sites for hydroxylation is 1. The molecule has 0 unspecified atom stereocenters. The van der Waals surface area contributed by atoms with Crippen LogP contribution < -0.4 is 5.32 Å². The number of pyridine rings is 1. The molecule has 0 aromatic carbocycles. The number of halogens is 1. The fourth-order valence-corrected chi connectivity index (χ4v) is 2.15. The molecule has 2 aromatic rings. The van der Waals surface area contributed by atoms with E-state index in [9.17, 15) is 4.79 Å². The minimum atomic E-state index is -0.124. The third kappa shape index (κ3) is 4.56. The number of rotatable bonds is 6. The Labute approximate surface area is 129 Å². The van der Waals surface area contributed by atoms with Crippen LogP contribution in [0.5, 0.6) is 0 Å². The lowest BCUT2D eigenvalue weighted by Crippen LogP contribution is -2.25. The van der Waals surface area contributed by atoms with E-state index in [0.29, 0.717) is 17.3 Å². The minimum absolute atomic E-state index is 0.124. The van der Waals surface area contributed by atoms with Crippen LogP contribution in [0.3, 0.4) is 0 Å². The van der Waals surface area contributed by atoms with Gasteiger partial charge in [-0.1, -0.05) is 25.4 Å². The summed E-state index contributed by atoms with van der Waals surface area (Å²) in [6.45, 7) is 4.63. The first-order valence-corrected chi connectivity index (χ1v) is 7.38. The third-order valence-electron chi connectivity index (χ3n) is 3.10. The number of hydrogen-bond acceptors (Lipinski definition) is 3. The van der Waals surface area contributed by atoms with E-state index in [1.165, 1.54) is 0 Å². The quantitative estimate of drug-likeness (QED) is 0.637. The first-order chi connectivity index (χ1) is 10.1. The van der Waals surface area contributed by atoms with Gasteiger partial charge in [0.15, 0.2) is 0 Å². The van der Waals surface area contributed by atoms with E-state index in [1.54, 1.807) is 24.5 Å². The molecule has 1 amide bonds. The zero-order valence-electron chi connectivity index (χ0n) is 12.2. The molecule has 2 rings (SSSR count). The van der Waals surface area contributed by atoms with Crippen LogP contribution in [-0.4, -0.2) is 27.4 Å². The van der Waals surface area contributed by atoms with E-state index in [1.807, 2.05) is 13.8 Å². The van der Waals surface area contributed by atoms with Gasteiger partial charge in [0.2, 0.25) is 0 Å². The van der Waals surface area contributed by atoms with Gasteiger partial charge in [-0.05, 0) is 24.5 Å². The van der Waals surface area contributed by atoms with Crippen molar-refractivity contribution in [2.75, 3.05) is 6.54 Å². The highest BCUT2D eigenvalue weighted by atomic mass is 35.5. The van der Waals surface area contributed by atoms with Gasteiger partial charge in [-0.15, -0.1) is 0 Å². The van der Waals surface area contributed by atoms with Crippen LogP contribution >= 0.6 is 11.6 Å². The van der Waals surface area contributed by atoms with Gasteiger partial charge in [0.1, 0.15) is 11.0 Å². The van der Waals surface area contributed by atoms with Crippen molar-refractivity contribution in [1.29, 1.82) is 0 Å². The van der Waals surface area contributed by atoms with Crippen molar-refractivity contribution in [1.82, 2.24) is 20.3 Å². The molecule has 0 bridgehead atoms. The number of H-pyrrole nitrogens is 1. The van der Waals surface area contributed by atoms with Gasteiger partial charge in [0.25, 0.3) is 5.91 Å². The maximum atomic E-state index is 12.1. The maximum Gasteiger partial charge on any atom is 0.251 e. The van der Waals surface area contributed by atoms with Crippen LogP contribution in [0, 0.1) is 0 Å². The number of nitrogens with one attached hydrogen (secondary N) is 2. The molecule has 0 saturated carbocycles. The number of carbonyl (C=O) groups is 1. The van der Waals surface area contributed by atoms with Crippen LogP contribution in [0.15, 0.2) is 24.5 Å². The van der Waals surface area contributed by atoms with Crippen LogP contribution in [0.4, 0.5) is 0 Å². The fourth-order valence-electron chi connectivity index (χ4n) is 1.94. The Kier molecular flexibility index (Phi) is 5.33. The monoisotopic (exact) mass is 306 g/mol. The zero-order chi connectivity index (χ0) is 15.2. The Hall–Kier alpha value is -1.88. The van der Waals surface area contributed by atoms with Gasteiger partial charge in [0.05, 0.1) is 0 Å². The van der Waals surface area contributed by atoms with E-state index < -0.39 is 0 Å². The largest absolute Gasteiger partial charge is 0.352 e. The Morgan fingerprint density at radius 2 is 2.24 bits per heavy atom. The molecule has 2 N–H and O–H groups in total. The highest BCUT2D eigenvalue weighted by Gasteiger charge is 2.10. The van der Waals surface area contributed by atoms with Crippen molar-refractivity contribution in [2.24, 2.45) is 0 Å². The van der Waals surface area contributed by atoms with Crippen LogP contribution in [-0.2, 0) is 6.42 Å². The number of amides is 1. The molecule has 0 fully saturated rings. The summed E-state index contributed by atoms with van der Waals surface area (Å²) in [5, 5.41) is 3.24. The molecule has 0 aliphatic carbocycles. The first-order valence-electron chi connectivity index (χ1n) is 7.00. The maximum absolute atomic E-state index is 12.1. The average molecular weight is 307 g/mol. The summed E-state index contributed by atoms with van der Waals surface area (Å²) in [6, 6.07) is 3.38. The summed E-state index contributed by atoms with van der Waals surface area (Å²) in [5.74, 6) is 1.04. The second-order valence-corrected chi connectivity index (χ2v) is 5.54. The van der Waals surface area contributed by atoms with Crippen molar-refractivity contribution in [3.05, 3.63) is 46.8 Å². The molecule has 5 nitrogen and oxygen atoms in total. The van der Waals surface area contributed by atoms with E-state index in [-0.39, 0.29) is 11.8 Å². The third-order valence-corrected chi connectivity index (χ3v) is 3.29. The molecule has 0 aliphatic rings. The van der Waals surface area contributed by atoms with Gasteiger partial charge in [-0.3, -0.25) is 4.79 Å². The summed E-state index contributed by atoms with van der Waals surface area (Å²) in [7, 11) is 0. The summed E-state index contributed by atoms with van der Waals surface area (Å²) in [4.78, 5) is 23.5. The molecule has 6 heteroatoms. The van der Waals surface area contributed by atoms with Gasteiger partial charge in [0, 0.05) is 36.6 Å². The average Bonchev–Trinajstić information content (AvgIpc) is 2.95. The van der Waals surface area contributed by atoms with Crippen molar-refractivity contribution in [3.63, 3.8) is 0 Å². The Bertz CT molecular complexity index is 596. The number of hydrogen-bond donors (Lipinski definition) is 2. The molecule has 2 heterocycles. The molecule has 21 heavy (non-hydrogen) atoms. The van der Waals surface area contributed by atoms with Crippen molar-refractivity contribution in [2.45, 2.75) is 32.6 Å². The van der Waals surface area contributed by atoms with Crippen LogP contribution in [0.25, 0.3) is 0 Å². The molecular formula is C15H19ClN4O. The molecule has 0 atom stereocenters. The summed E-state index contributed by atoms with van der Waals surface area (Å²) >= 11 is 5.96. The molecular weight excluding hydrogens is 288 g/mol. The summed E-state index contributed by atoms with van der Waals surface area (Å²) < 4.78 is 0. The second-order valence-electron chi connectivity index (χ2n) is 5.15. The smallest absolute Gasteiger partial charge is 0.251 e. The van der Waals surface area contributed by atoms with Crippen molar-refractivity contribution < 1.29 is 4.79 Å². The van der Waals surface area contributed by atoms with E-state index in [0.717, 1.165) is 24.4 Å². The molecule has 112 valence electrons. The number of aromatic amines is 1. The number of imidazole rings is 1. The summed E-state index contributed by atoms with van der Waals surface area (Å²) in [6.07, 6.45) is 5.15. The predicted octanol–water partition coefficient (Wildman–Crippen LogP) is 2.94. The lowest BCUT2D eigenvalue weighted by molar-refractivity contribution is 0.0953. The molecule has 0 aliphatic heterocycles. The number of carbonyl (C=O) groups excluding carboxylic acids is 1. The zero-order valence-corrected chi connectivity index (χ0v) is 12.9. The number of nitrogens with zero attached hydrogens (tertiary/aromatic N) is 2. The van der Waals surface area contributed by atoms with Gasteiger partial charge >= 0.3 is 0 Å². The molecule has 0 saturated heterocycles. The predicted molar refractivity (Wildman–Crippen MR) is 82.6 cm³/mol. The van der Waals surface area contributed by atoms with Gasteiger partial charge in [-0.25, -0.2) is 9.97 Å². The first kappa shape index (κ1) is 15.5. The van der Waals surface area contributed by atoms with Crippen molar-refractivity contribution >= 4 is 17.5 Å². The van der Waals surface area contributed by atoms with E-state index >= 15 is 0 Å². The molecule has 2 aromatic heterocycles. The Balaban J connectivity index is 1.88. The highest BCUT2D eigenvalue weighted by Crippen LogP contribution is 2.17. The van der Waals surface area contributed by atoms with Gasteiger partial charge < -0.3 is 10.3 Å². The van der Waals surface area contributed by atoms with E-state index in [2.05, 4.69) is 20.3 Å². The van der Waals surface area contributed by atoms with E-state index in [4.69, 9.17) is 11.6 Å². The van der Waals surface area contributed by atoms with Gasteiger partial charge in [-0.2, -0.15) is 0 Å². The normalized spacial score (nSPS) is 10.9. The Morgan fingerprint density at radius 1 is 1.43 bits per heavy atom. The lowest BCUT2D eigenvalue weighted by atomic mass is 10.1. The fraction of sp³-hybridized carbons (Fsp3) is 0.400.